The monoisotopic (exact) mass is 321 g/mol. The van der Waals surface area contributed by atoms with Gasteiger partial charge in [0.15, 0.2) is 5.78 Å². The van der Waals surface area contributed by atoms with Gasteiger partial charge in [-0.25, -0.2) is 4.39 Å². The van der Waals surface area contributed by atoms with Crippen LogP contribution in [0, 0.1) is 12.7 Å². The Labute approximate surface area is 119 Å². The molecule has 0 fully saturated rings. The normalized spacial score (nSPS) is 10.3. The van der Waals surface area contributed by atoms with E-state index in [1.165, 1.54) is 6.07 Å². The second-order valence-corrected chi connectivity index (χ2v) is 5.16. The number of carbonyl (C=O) groups is 1. The summed E-state index contributed by atoms with van der Waals surface area (Å²) in [5.41, 5.74) is 1.77. The summed E-state index contributed by atoms with van der Waals surface area (Å²) in [4.78, 5) is 11.9. The van der Waals surface area contributed by atoms with E-state index in [2.05, 4.69) is 21.2 Å². The summed E-state index contributed by atoms with van der Waals surface area (Å²) >= 11 is 3.34. The van der Waals surface area contributed by atoms with Gasteiger partial charge in [0.2, 0.25) is 0 Å². The number of halogens is 2. The predicted molar refractivity (Wildman–Crippen MR) is 78.1 cm³/mol. The molecular weight excluding hydrogens is 309 g/mol. The fourth-order valence-corrected chi connectivity index (χ4v) is 1.88. The molecule has 0 aromatic heterocycles. The third-order valence-corrected chi connectivity index (χ3v) is 3.32. The van der Waals surface area contributed by atoms with Gasteiger partial charge in [0.1, 0.15) is 5.82 Å². The van der Waals surface area contributed by atoms with E-state index < -0.39 is 0 Å². The fraction of sp³-hybridized carbons (Fsp3) is 0.133. The average molecular weight is 322 g/mol. The molecule has 0 bridgehead atoms. The van der Waals surface area contributed by atoms with Crippen LogP contribution in [-0.4, -0.2) is 12.3 Å². The number of ketones is 1. The number of hydrogen-bond acceptors (Lipinski definition) is 2. The Morgan fingerprint density at radius 3 is 2.53 bits per heavy atom. The molecule has 0 atom stereocenters. The maximum absolute atomic E-state index is 13.4. The van der Waals surface area contributed by atoms with Gasteiger partial charge in [-0.15, -0.1) is 0 Å². The second kappa shape index (κ2) is 5.97. The Morgan fingerprint density at radius 2 is 1.89 bits per heavy atom. The van der Waals surface area contributed by atoms with Crippen LogP contribution < -0.4 is 5.32 Å². The molecule has 4 heteroatoms. The minimum Gasteiger partial charge on any atom is -0.378 e. The molecule has 2 aromatic rings. The van der Waals surface area contributed by atoms with E-state index in [1.807, 2.05) is 24.3 Å². The average Bonchev–Trinajstić information content (AvgIpc) is 2.41. The van der Waals surface area contributed by atoms with Gasteiger partial charge in [0.05, 0.1) is 6.54 Å². The van der Waals surface area contributed by atoms with Crippen LogP contribution in [0.5, 0.6) is 0 Å². The molecule has 0 spiro atoms. The maximum Gasteiger partial charge on any atom is 0.181 e. The minimum atomic E-state index is -0.352. The van der Waals surface area contributed by atoms with Crippen molar-refractivity contribution >= 4 is 27.4 Å². The minimum absolute atomic E-state index is 0.137. The van der Waals surface area contributed by atoms with Crippen molar-refractivity contribution in [3.05, 3.63) is 63.9 Å². The van der Waals surface area contributed by atoms with Crippen LogP contribution in [0.25, 0.3) is 0 Å². The standard InChI is InChI=1S/C15H13BrFNO/c1-10-2-3-11(8-14(10)17)15(19)9-18-13-6-4-12(16)5-7-13/h2-8,18H,9H2,1H3. The summed E-state index contributed by atoms with van der Waals surface area (Å²) in [5.74, 6) is -0.490. The van der Waals surface area contributed by atoms with Crippen LogP contribution in [0.3, 0.4) is 0 Å². The van der Waals surface area contributed by atoms with Crippen molar-refractivity contribution in [3.8, 4) is 0 Å². The molecular formula is C15H13BrFNO. The first kappa shape index (κ1) is 13.7. The van der Waals surface area contributed by atoms with E-state index in [0.717, 1.165) is 10.2 Å². The van der Waals surface area contributed by atoms with Crippen LogP contribution in [0.1, 0.15) is 15.9 Å². The highest BCUT2D eigenvalue weighted by atomic mass is 79.9. The number of aryl methyl sites for hydroxylation is 1. The highest BCUT2D eigenvalue weighted by Gasteiger charge is 2.08. The van der Waals surface area contributed by atoms with Crippen LogP contribution in [-0.2, 0) is 0 Å². The molecule has 2 aromatic carbocycles. The molecule has 0 radical (unpaired) electrons. The van der Waals surface area contributed by atoms with Crippen molar-refractivity contribution in [1.29, 1.82) is 0 Å². The van der Waals surface area contributed by atoms with Gasteiger partial charge in [0.25, 0.3) is 0 Å². The fourth-order valence-electron chi connectivity index (χ4n) is 1.62. The summed E-state index contributed by atoms with van der Waals surface area (Å²) in [6.07, 6.45) is 0. The van der Waals surface area contributed by atoms with E-state index in [1.54, 1.807) is 19.1 Å². The van der Waals surface area contributed by atoms with Gasteiger partial charge in [-0.1, -0.05) is 28.1 Å². The van der Waals surface area contributed by atoms with Crippen molar-refractivity contribution < 1.29 is 9.18 Å². The number of benzene rings is 2. The number of anilines is 1. The second-order valence-electron chi connectivity index (χ2n) is 4.25. The zero-order valence-electron chi connectivity index (χ0n) is 10.4. The first-order chi connectivity index (χ1) is 9.06. The number of carbonyl (C=O) groups excluding carboxylic acids is 1. The van der Waals surface area contributed by atoms with Gasteiger partial charge >= 0.3 is 0 Å². The molecule has 0 amide bonds. The lowest BCUT2D eigenvalue weighted by Crippen LogP contribution is -2.14. The molecule has 19 heavy (non-hydrogen) atoms. The maximum atomic E-state index is 13.4. The Morgan fingerprint density at radius 1 is 1.21 bits per heavy atom. The first-order valence-corrected chi connectivity index (χ1v) is 6.64. The summed E-state index contributed by atoms with van der Waals surface area (Å²) in [6.45, 7) is 1.81. The zero-order valence-corrected chi connectivity index (χ0v) is 12.0. The first-order valence-electron chi connectivity index (χ1n) is 5.85. The SMILES string of the molecule is Cc1ccc(C(=O)CNc2ccc(Br)cc2)cc1F. The zero-order chi connectivity index (χ0) is 13.8. The van der Waals surface area contributed by atoms with Crippen LogP contribution in [0.4, 0.5) is 10.1 Å². The van der Waals surface area contributed by atoms with E-state index in [9.17, 15) is 9.18 Å². The van der Waals surface area contributed by atoms with Crippen molar-refractivity contribution in [2.45, 2.75) is 6.92 Å². The summed E-state index contributed by atoms with van der Waals surface area (Å²) in [7, 11) is 0. The Bertz CT molecular complexity index is 596. The Hall–Kier alpha value is -1.68. The largest absolute Gasteiger partial charge is 0.378 e. The highest BCUT2D eigenvalue weighted by Crippen LogP contribution is 2.14. The third-order valence-electron chi connectivity index (χ3n) is 2.79. The lowest BCUT2D eigenvalue weighted by atomic mass is 10.1. The van der Waals surface area contributed by atoms with Crippen LogP contribution >= 0.6 is 15.9 Å². The van der Waals surface area contributed by atoms with Crippen molar-refractivity contribution in [2.24, 2.45) is 0 Å². The lowest BCUT2D eigenvalue weighted by Gasteiger charge is -2.06. The van der Waals surface area contributed by atoms with Gasteiger partial charge < -0.3 is 5.32 Å². The number of rotatable bonds is 4. The van der Waals surface area contributed by atoms with Crippen molar-refractivity contribution in [3.63, 3.8) is 0 Å². The predicted octanol–water partition coefficient (Wildman–Crippen LogP) is 4.19. The van der Waals surface area contributed by atoms with E-state index in [-0.39, 0.29) is 18.1 Å². The van der Waals surface area contributed by atoms with Gasteiger partial charge in [-0.2, -0.15) is 0 Å². The molecule has 0 saturated carbocycles. The van der Waals surface area contributed by atoms with E-state index in [4.69, 9.17) is 0 Å². The molecule has 0 aliphatic heterocycles. The quantitative estimate of drug-likeness (QED) is 0.855. The van der Waals surface area contributed by atoms with Gasteiger partial charge in [-0.3, -0.25) is 4.79 Å². The van der Waals surface area contributed by atoms with Gasteiger partial charge in [-0.05, 0) is 42.8 Å². The molecule has 0 unspecified atom stereocenters. The Kier molecular flexibility index (Phi) is 4.32. The third kappa shape index (κ3) is 3.64. The van der Waals surface area contributed by atoms with E-state index >= 15 is 0 Å². The number of Topliss-reactive ketones (excluding diaryl/α,β-unsaturated/α-hetero) is 1. The summed E-state index contributed by atoms with van der Waals surface area (Å²) in [6, 6.07) is 12.0. The number of nitrogens with one attached hydrogen (secondary N) is 1. The smallest absolute Gasteiger partial charge is 0.181 e. The summed E-state index contributed by atoms with van der Waals surface area (Å²) < 4.78 is 14.3. The molecule has 0 heterocycles. The molecule has 0 saturated heterocycles. The number of hydrogen-bond donors (Lipinski definition) is 1. The highest BCUT2D eigenvalue weighted by molar-refractivity contribution is 9.10. The molecule has 98 valence electrons. The molecule has 1 N–H and O–H groups in total. The molecule has 0 aliphatic carbocycles. The molecule has 2 nitrogen and oxygen atoms in total. The Balaban J connectivity index is 2.01. The van der Waals surface area contributed by atoms with E-state index in [0.29, 0.717) is 11.1 Å². The van der Waals surface area contributed by atoms with Gasteiger partial charge in [0, 0.05) is 15.7 Å². The lowest BCUT2D eigenvalue weighted by molar-refractivity contribution is 0.101. The van der Waals surface area contributed by atoms with Crippen molar-refractivity contribution in [1.82, 2.24) is 0 Å². The van der Waals surface area contributed by atoms with Crippen LogP contribution in [0.15, 0.2) is 46.9 Å². The summed E-state index contributed by atoms with van der Waals surface area (Å²) in [5, 5.41) is 3.01. The molecule has 0 aliphatic rings. The van der Waals surface area contributed by atoms with Crippen molar-refractivity contribution in [2.75, 3.05) is 11.9 Å². The topological polar surface area (TPSA) is 29.1 Å². The van der Waals surface area contributed by atoms with Crippen LogP contribution in [0.2, 0.25) is 0 Å². The molecule has 2 rings (SSSR count).